The molecule has 1 aliphatic rings. The number of ether oxygens (including phenoxy) is 2. The molecule has 0 spiro atoms. The first-order valence-electron chi connectivity index (χ1n) is 9.82. The zero-order valence-corrected chi connectivity index (χ0v) is 16.5. The topological polar surface area (TPSA) is 39.5 Å². The van der Waals surface area contributed by atoms with Crippen LogP contribution in [0.25, 0.3) is 11.3 Å². The standard InChI is InChI=1S/C23H27N3O2/c1-25-15-19(16-26-14-6-9-22(17-26)27-2)23(24-25)18-10-12-21(13-11-18)28-20-7-4-3-5-8-20/h3-5,7-8,10-13,15,22H,6,9,14,16-17H2,1-2H3/t22-/m0/s1. The number of rotatable bonds is 6. The monoisotopic (exact) mass is 377 g/mol. The summed E-state index contributed by atoms with van der Waals surface area (Å²) in [5, 5.41) is 4.72. The molecule has 5 heteroatoms. The van der Waals surface area contributed by atoms with E-state index in [0.29, 0.717) is 6.10 Å². The number of methoxy groups -OCH3 is 1. The van der Waals surface area contributed by atoms with E-state index in [1.165, 1.54) is 12.0 Å². The lowest BCUT2D eigenvalue weighted by Crippen LogP contribution is -2.38. The summed E-state index contributed by atoms with van der Waals surface area (Å²) in [5.74, 6) is 1.66. The molecule has 0 amide bonds. The Kier molecular flexibility index (Phi) is 5.74. The second-order valence-corrected chi connectivity index (χ2v) is 7.35. The van der Waals surface area contributed by atoms with Gasteiger partial charge in [-0.25, -0.2) is 0 Å². The third-order valence-corrected chi connectivity index (χ3v) is 5.20. The number of aryl methyl sites for hydroxylation is 1. The van der Waals surface area contributed by atoms with Gasteiger partial charge in [-0.15, -0.1) is 0 Å². The molecule has 28 heavy (non-hydrogen) atoms. The van der Waals surface area contributed by atoms with Gasteiger partial charge in [-0.05, 0) is 55.8 Å². The summed E-state index contributed by atoms with van der Waals surface area (Å²) in [6.45, 7) is 2.98. The number of aromatic nitrogens is 2. The molecule has 0 radical (unpaired) electrons. The fourth-order valence-corrected chi connectivity index (χ4v) is 3.79. The molecule has 1 aromatic heterocycles. The van der Waals surface area contributed by atoms with Crippen LogP contribution < -0.4 is 4.74 Å². The van der Waals surface area contributed by atoms with Gasteiger partial charge in [0, 0.05) is 44.6 Å². The van der Waals surface area contributed by atoms with E-state index in [1.54, 1.807) is 0 Å². The number of para-hydroxylation sites is 1. The SMILES string of the molecule is CO[C@H]1CCCN(Cc2cn(C)nc2-c2ccc(Oc3ccccc3)cc2)C1. The average molecular weight is 377 g/mol. The Morgan fingerprint density at radius 1 is 1.04 bits per heavy atom. The normalized spacial score (nSPS) is 17.6. The maximum atomic E-state index is 5.90. The second-order valence-electron chi connectivity index (χ2n) is 7.35. The van der Waals surface area contributed by atoms with E-state index >= 15 is 0 Å². The Morgan fingerprint density at radius 2 is 1.79 bits per heavy atom. The molecule has 5 nitrogen and oxygen atoms in total. The molecule has 146 valence electrons. The van der Waals surface area contributed by atoms with Gasteiger partial charge in [0.2, 0.25) is 0 Å². The van der Waals surface area contributed by atoms with Crippen LogP contribution in [0.4, 0.5) is 0 Å². The van der Waals surface area contributed by atoms with Gasteiger partial charge < -0.3 is 9.47 Å². The van der Waals surface area contributed by atoms with Crippen LogP contribution in [0.1, 0.15) is 18.4 Å². The molecule has 3 aromatic rings. The van der Waals surface area contributed by atoms with Gasteiger partial charge in [0.25, 0.3) is 0 Å². The van der Waals surface area contributed by atoms with Crippen molar-refractivity contribution in [2.24, 2.45) is 7.05 Å². The molecule has 0 N–H and O–H groups in total. The van der Waals surface area contributed by atoms with Crippen molar-refractivity contribution in [3.05, 3.63) is 66.4 Å². The Labute approximate surface area is 166 Å². The highest BCUT2D eigenvalue weighted by atomic mass is 16.5. The van der Waals surface area contributed by atoms with Crippen molar-refractivity contribution < 1.29 is 9.47 Å². The van der Waals surface area contributed by atoms with E-state index in [2.05, 4.69) is 23.2 Å². The van der Waals surface area contributed by atoms with Crippen LogP contribution in [0.3, 0.4) is 0 Å². The summed E-state index contributed by atoms with van der Waals surface area (Å²) < 4.78 is 13.4. The van der Waals surface area contributed by atoms with E-state index < -0.39 is 0 Å². The highest BCUT2D eigenvalue weighted by Crippen LogP contribution is 2.28. The molecule has 0 unspecified atom stereocenters. The third-order valence-electron chi connectivity index (χ3n) is 5.20. The average Bonchev–Trinajstić information content (AvgIpc) is 3.09. The lowest BCUT2D eigenvalue weighted by molar-refractivity contribution is 0.0286. The number of likely N-dealkylation sites (tertiary alicyclic amines) is 1. The zero-order valence-electron chi connectivity index (χ0n) is 16.5. The van der Waals surface area contributed by atoms with E-state index in [1.807, 2.05) is 61.3 Å². The number of hydrogen-bond acceptors (Lipinski definition) is 4. The molecular weight excluding hydrogens is 350 g/mol. The summed E-state index contributed by atoms with van der Waals surface area (Å²) in [6, 6.07) is 18.0. The number of benzene rings is 2. The van der Waals surface area contributed by atoms with Gasteiger partial charge >= 0.3 is 0 Å². The summed E-state index contributed by atoms with van der Waals surface area (Å²) in [6.07, 6.45) is 4.79. The van der Waals surface area contributed by atoms with E-state index in [9.17, 15) is 0 Å². The van der Waals surface area contributed by atoms with Crippen LogP contribution in [0, 0.1) is 0 Å². The van der Waals surface area contributed by atoms with Crippen LogP contribution in [-0.4, -0.2) is 41.0 Å². The van der Waals surface area contributed by atoms with Gasteiger partial charge in [0.1, 0.15) is 11.5 Å². The first-order chi connectivity index (χ1) is 13.7. The van der Waals surface area contributed by atoms with E-state index in [0.717, 1.165) is 48.8 Å². The Balaban J connectivity index is 1.50. The molecule has 1 saturated heterocycles. The zero-order chi connectivity index (χ0) is 19.3. The molecule has 0 saturated carbocycles. The van der Waals surface area contributed by atoms with Gasteiger partial charge in [-0.2, -0.15) is 5.10 Å². The van der Waals surface area contributed by atoms with Gasteiger partial charge in [0.05, 0.1) is 11.8 Å². The predicted molar refractivity (Wildman–Crippen MR) is 110 cm³/mol. The minimum absolute atomic E-state index is 0.336. The van der Waals surface area contributed by atoms with Crippen molar-refractivity contribution in [2.75, 3.05) is 20.2 Å². The fraction of sp³-hybridized carbons (Fsp3) is 0.348. The number of piperidine rings is 1. The molecular formula is C23H27N3O2. The Hall–Kier alpha value is -2.63. The van der Waals surface area contributed by atoms with Crippen molar-refractivity contribution in [1.82, 2.24) is 14.7 Å². The lowest BCUT2D eigenvalue weighted by atomic mass is 10.0. The lowest BCUT2D eigenvalue weighted by Gasteiger charge is -2.31. The molecule has 1 atom stereocenters. The third kappa shape index (κ3) is 4.43. The minimum atomic E-state index is 0.336. The van der Waals surface area contributed by atoms with Crippen LogP contribution >= 0.6 is 0 Å². The molecule has 1 aliphatic heterocycles. The first kappa shape index (κ1) is 18.7. The smallest absolute Gasteiger partial charge is 0.127 e. The van der Waals surface area contributed by atoms with Crippen molar-refractivity contribution >= 4 is 0 Å². The largest absolute Gasteiger partial charge is 0.457 e. The Morgan fingerprint density at radius 3 is 2.54 bits per heavy atom. The van der Waals surface area contributed by atoms with Gasteiger partial charge in [-0.1, -0.05) is 18.2 Å². The summed E-state index contributed by atoms with van der Waals surface area (Å²) in [4.78, 5) is 2.46. The van der Waals surface area contributed by atoms with Crippen molar-refractivity contribution in [1.29, 1.82) is 0 Å². The quantitative estimate of drug-likeness (QED) is 0.634. The van der Waals surface area contributed by atoms with Gasteiger partial charge in [0.15, 0.2) is 0 Å². The minimum Gasteiger partial charge on any atom is -0.457 e. The van der Waals surface area contributed by atoms with Crippen molar-refractivity contribution in [3.8, 4) is 22.8 Å². The van der Waals surface area contributed by atoms with Crippen LogP contribution in [0.5, 0.6) is 11.5 Å². The Bertz CT molecular complexity index is 890. The first-order valence-corrected chi connectivity index (χ1v) is 9.82. The number of hydrogen-bond donors (Lipinski definition) is 0. The molecule has 2 heterocycles. The second kappa shape index (κ2) is 8.59. The fourth-order valence-electron chi connectivity index (χ4n) is 3.79. The van der Waals surface area contributed by atoms with Crippen LogP contribution in [0.15, 0.2) is 60.8 Å². The molecule has 0 bridgehead atoms. The molecule has 1 fully saturated rings. The van der Waals surface area contributed by atoms with Crippen LogP contribution in [0.2, 0.25) is 0 Å². The molecule has 0 aliphatic carbocycles. The summed E-state index contributed by atoms with van der Waals surface area (Å²) >= 11 is 0. The maximum absolute atomic E-state index is 5.90. The number of nitrogens with zero attached hydrogens (tertiary/aromatic N) is 3. The highest BCUT2D eigenvalue weighted by molar-refractivity contribution is 5.63. The maximum Gasteiger partial charge on any atom is 0.127 e. The van der Waals surface area contributed by atoms with Gasteiger partial charge in [-0.3, -0.25) is 9.58 Å². The highest BCUT2D eigenvalue weighted by Gasteiger charge is 2.21. The molecule has 4 rings (SSSR count). The molecule has 2 aromatic carbocycles. The predicted octanol–water partition coefficient (Wildman–Crippen LogP) is 4.49. The van der Waals surface area contributed by atoms with Crippen molar-refractivity contribution in [3.63, 3.8) is 0 Å². The van der Waals surface area contributed by atoms with E-state index in [4.69, 9.17) is 14.6 Å². The summed E-state index contributed by atoms with van der Waals surface area (Å²) in [7, 11) is 3.79. The van der Waals surface area contributed by atoms with Crippen LogP contribution in [-0.2, 0) is 18.3 Å². The van der Waals surface area contributed by atoms with Crippen molar-refractivity contribution in [2.45, 2.75) is 25.5 Å². The summed E-state index contributed by atoms with van der Waals surface area (Å²) in [5.41, 5.74) is 3.39. The van der Waals surface area contributed by atoms with E-state index in [-0.39, 0.29) is 0 Å².